The van der Waals surface area contributed by atoms with Gasteiger partial charge in [0.25, 0.3) is 0 Å². The highest BCUT2D eigenvalue weighted by molar-refractivity contribution is 7.26. The van der Waals surface area contributed by atoms with Gasteiger partial charge in [-0.05, 0) is 17.5 Å². The zero-order valence-corrected chi connectivity index (χ0v) is 23.3. The van der Waals surface area contributed by atoms with Gasteiger partial charge in [0.2, 0.25) is 0 Å². The van der Waals surface area contributed by atoms with E-state index >= 15 is 0 Å². The van der Waals surface area contributed by atoms with Crippen LogP contribution in [0.2, 0.25) is 0 Å². The average molecular weight is 554 g/mol. The van der Waals surface area contributed by atoms with Crippen molar-refractivity contribution >= 4 is 64.1 Å². The third kappa shape index (κ3) is 3.39. The zero-order chi connectivity index (χ0) is 27.6. The smallest absolute Gasteiger partial charge is 0.159 e. The lowest BCUT2D eigenvalue weighted by molar-refractivity contribution is 1.09. The molecule has 0 fully saturated rings. The predicted octanol–water partition coefficient (Wildman–Crippen LogP) is 10.4. The second kappa shape index (κ2) is 9.10. The molecule has 0 N–H and O–H groups in total. The Morgan fingerprint density at radius 3 is 2.02 bits per heavy atom. The monoisotopic (exact) mass is 553 g/mol. The SMILES string of the molecule is c1ccc(-c2ncc(-n3c4ccccc4c4ccc5ccc6c7ccccc7sc6c5c43)c(-c3ccccc3)n2)cc1. The second-order valence-electron chi connectivity index (χ2n) is 10.6. The number of hydrogen-bond donors (Lipinski definition) is 0. The van der Waals surface area contributed by atoms with Gasteiger partial charge in [-0.1, -0.05) is 121 Å². The number of para-hydroxylation sites is 1. The normalized spacial score (nSPS) is 11.8. The summed E-state index contributed by atoms with van der Waals surface area (Å²) in [5, 5.41) is 7.56. The molecule has 0 saturated carbocycles. The number of rotatable bonds is 3. The number of thiophene rings is 1. The first-order valence-electron chi connectivity index (χ1n) is 14.1. The van der Waals surface area contributed by atoms with Gasteiger partial charge in [0.1, 0.15) is 0 Å². The van der Waals surface area contributed by atoms with E-state index in [-0.39, 0.29) is 0 Å². The van der Waals surface area contributed by atoms with Crippen LogP contribution in [-0.2, 0) is 0 Å². The van der Waals surface area contributed by atoms with Crippen LogP contribution in [0.5, 0.6) is 0 Å². The maximum absolute atomic E-state index is 5.23. The van der Waals surface area contributed by atoms with Crippen LogP contribution in [0.25, 0.3) is 81.1 Å². The zero-order valence-electron chi connectivity index (χ0n) is 22.5. The van der Waals surface area contributed by atoms with Crippen LogP contribution in [0.4, 0.5) is 0 Å². The molecule has 6 aromatic carbocycles. The van der Waals surface area contributed by atoms with Crippen LogP contribution in [-0.4, -0.2) is 14.5 Å². The van der Waals surface area contributed by atoms with Crippen molar-refractivity contribution in [2.24, 2.45) is 0 Å². The third-order valence-electron chi connectivity index (χ3n) is 8.25. The van der Waals surface area contributed by atoms with Crippen molar-refractivity contribution in [3.05, 3.63) is 140 Å². The van der Waals surface area contributed by atoms with E-state index in [4.69, 9.17) is 9.97 Å². The first-order valence-corrected chi connectivity index (χ1v) is 14.9. The highest BCUT2D eigenvalue weighted by atomic mass is 32.1. The van der Waals surface area contributed by atoms with E-state index in [0.29, 0.717) is 0 Å². The topological polar surface area (TPSA) is 30.7 Å². The molecule has 0 atom stereocenters. The van der Waals surface area contributed by atoms with Crippen LogP contribution in [0.15, 0.2) is 140 Å². The Morgan fingerprint density at radius 1 is 0.548 bits per heavy atom. The first kappa shape index (κ1) is 23.4. The average Bonchev–Trinajstić information content (AvgIpc) is 3.61. The van der Waals surface area contributed by atoms with E-state index in [0.717, 1.165) is 33.8 Å². The maximum Gasteiger partial charge on any atom is 0.159 e. The Labute approximate surface area is 246 Å². The van der Waals surface area contributed by atoms with E-state index in [1.807, 2.05) is 35.7 Å². The highest BCUT2D eigenvalue weighted by Gasteiger charge is 2.21. The molecule has 0 aliphatic rings. The van der Waals surface area contributed by atoms with Crippen molar-refractivity contribution in [1.29, 1.82) is 0 Å². The second-order valence-corrected chi connectivity index (χ2v) is 11.7. The molecule has 9 rings (SSSR count). The standard InChI is InChI=1S/C38H23N3S/c1-3-11-25(12-4-1)35-32(23-39-38(40-35)26-13-5-2-6-14-26)41-31-17-9-7-15-27(31)29-21-19-24-20-22-30-28-16-8-10-18-33(28)42-37(30)34(24)36(29)41/h1-23H. The van der Waals surface area contributed by atoms with Gasteiger partial charge in [-0.25, -0.2) is 9.97 Å². The molecule has 0 bridgehead atoms. The van der Waals surface area contributed by atoms with E-state index < -0.39 is 0 Å². The Bertz CT molecular complexity index is 2450. The molecule has 0 aliphatic carbocycles. The number of aromatic nitrogens is 3. The van der Waals surface area contributed by atoms with Gasteiger partial charge in [0.05, 0.1) is 28.6 Å². The summed E-state index contributed by atoms with van der Waals surface area (Å²) in [6.07, 6.45) is 2.01. The van der Waals surface area contributed by atoms with Gasteiger partial charge in [0.15, 0.2) is 5.82 Å². The van der Waals surface area contributed by atoms with E-state index in [2.05, 4.69) is 120 Å². The fraction of sp³-hybridized carbons (Fsp3) is 0. The van der Waals surface area contributed by atoms with Crippen molar-refractivity contribution in [1.82, 2.24) is 14.5 Å². The maximum atomic E-state index is 5.23. The molecule has 3 heterocycles. The van der Waals surface area contributed by atoms with Crippen molar-refractivity contribution in [3.63, 3.8) is 0 Å². The molecule has 4 heteroatoms. The minimum Gasteiger partial charge on any atom is -0.305 e. The molecule has 0 spiro atoms. The molecule has 0 amide bonds. The van der Waals surface area contributed by atoms with Gasteiger partial charge in [0, 0.05) is 47.5 Å². The van der Waals surface area contributed by atoms with Crippen molar-refractivity contribution in [2.45, 2.75) is 0 Å². The predicted molar refractivity (Wildman–Crippen MR) is 178 cm³/mol. The largest absolute Gasteiger partial charge is 0.305 e. The van der Waals surface area contributed by atoms with Crippen LogP contribution >= 0.6 is 11.3 Å². The molecular formula is C38H23N3S. The molecular weight excluding hydrogens is 531 g/mol. The summed E-state index contributed by atoms with van der Waals surface area (Å²) < 4.78 is 5.01. The molecule has 0 saturated heterocycles. The molecule has 3 nitrogen and oxygen atoms in total. The Morgan fingerprint density at radius 2 is 1.21 bits per heavy atom. The first-order chi connectivity index (χ1) is 20.8. The van der Waals surface area contributed by atoms with E-state index in [9.17, 15) is 0 Å². The fourth-order valence-electron chi connectivity index (χ4n) is 6.36. The summed E-state index contributed by atoms with van der Waals surface area (Å²) in [4.78, 5) is 10.2. The minimum atomic E-state index is 0.718. The minimum absolute atomic E-state index is 0.718. The summed E-state index contributed by atoms with van der Waals surface area (Å²) in [7, 11) is 0. The molecule has 0 radical (unpaired) electrons. The van der Waals surface area contributed by atoms with Gasteiger partial charge in [-0.15, -0.1) is 11.3 Å². The molecule has 9 aromatic rings. The van der Waals surface area contributed by atoms with Crippen LogP contribution in [0.1, 0.15) is 0 Å². The van der Waals surface area contributed by atoms with Crippen LogP contribution < -0.4 is 0 Å². The lowest BCUT2D eigenvalue weighted by atomic mass is 10.0. The number of fused-ring (bicyclic) bond motifs is 9. The van der Waals surface area contributed by atoms with Gasteiger partial charge in [-0.3, -0.25) is 0 Å². The molecule has 196 valence electrons. The number of hydrogen-bond acceptors (Lipinski definition) is 3. The summed E-state index contributed by atoms with van der Waals surface area (Å²) in [6, 6.07) is 47.2. The van der Waals surface area contributed by atoms with Gasteiger partial charge < -0.3 is 4.57 Å². The fourth-order valence-corrected chi connectivity index (χ4v) is 7.62. The lowest BCUT2D eigenvalue weighted by Crippen LogP contribution is -2.03. The van der Waals surface area contributed by atoms with Crippen molar-refractivity contribution in [2.75, 3.05) is 0 Å². The Hall–Kier alpha value is -5.32. The quantitative estimate of drug-likeness (QED) is 0.218. The number of benzene rings is 6. The summed E-state index contributed by atoms with van der Waals surface area (Å²) in [5.74, 6) is 0.718. The van der Waals surface area contributed by atoms with Crippen molar-refractivity contribution in [3.8, 4) is 28.3 Å². The summed E-state index contributed by atoms with van der Waals surface area (Å²) >= 11 is 1.88. The van der Waals surface area contributed by atoms with Crippen molar-refractivity contribution < 1.29 is 0 Å². The van der Waals surface area contributed by atoms with Crippen LogP contribution in [0.3, 0.4) is 0 Å². The van der Waals surface area contributed by atoms with E-state index in [1.54, 1.807) is 0 Å². The Kier molecular flexibility index (Phi) is 5.07. The molecule has 0 unspecified atom stereocenters. The third-order valence-corrected chi connectivity index (χ3v) is 9.45. The summed E-state index contributed by atoms with van der Waals surface area (Å²) in [6.45, 7) is 0. The van der Waals surface area contributed by atoms with Crippen LogP contribution in [0, 0.1) is 0 Å². The highest BCUT2D eigenvalue weighted by Crippen LogP contribution is 2.44. The summed E-state index contributed by atoms with van der Waals surface area (Å²) in [5.41, 5.74) is 6.28. The lowest BCUT2D eigenvalue weighted by Gasteiger charge is -2.15. The molecule has 42 heavy (non-hydrogen) atoms. The van der Waals surface area contributed by atoms with Gasteiger partial charge >= 0.3 is 0 Å². The molecule has 3 aromatic heterocycles. The molecule has 0 aliphatic heterocycles. The Balaban J connectivity index is 1.47. The number of nitrogens with zero attached hydrogens (tertiary/aromatic N) is 3. The van der Waals surface area contributed by atoms with Gasteiger partial charge in [-0.2, -0.15) is 0 Å². The van der Waals surface area contributed by atoms with E-state index in [1.165, 1.54) is 47.2 Å².